The highest BCUT2D eigenvalue weighted by molar-refractivity contribution is 5.78. The summed E-state index contributed by atoms with van der Waals surface area (Å²) in [6.07, 6.45) is 8.44. The third-order valence-corrected chi connectivity index (χ3v) is 6.69. The van der Waals surface area contributed by atoms with Gasteiger partial charge in [0.2, 0.25) is 0 Å². The summed E-state index contributed by atoms with van der Waals surface area (Å²) in [7, 11) is 2.01. The fourth-order valence-corrected chi connectivity index (χ4v) is 5.00. The molecular weight excluding hydrogens is 412 g/mol. The first kappa shape index (κ1) is 24.0. The van der Waals surface area contributed by atoms with E-state index in [1.54, 1.807) is 18.2 Å². The summed E-state index contributed by atoms with van der Waals surface area (Å²) in [4.78, 5) is 22.3. The minimum Gasteiger partial charge on any atom is -0.380 e. The fourth-order valence-electron chi connectivity index (χ4n) is 5.00. The van der Waals surface area contributed by atoms with Crippen LogP contribution in [0.2, 0.25) is 0 Å². The lowest BCUT2D eigenvalue weighted by molar-refractivity contribution is -0.135. The molecule has 3 aliphatic heterocycles. The van der Waals surface area contributed by atoms with E-state index in [0.717, 1.165) is 43.7 Å². The number of carbonyl (C=O) groups is 1. The maximum absolute atomic E-state index is 14.1. The molecule has 3 heterocycles. The van der Waals surface area contributed by atoms with Crippen LogP contribution in [0.15, 0.2) is 71.7 Å². The first-order valence-electron chi connectivity index (χ1n) is 11.0. The molecule has 0 aromatic rings. The van der Waals surface area contributed by atoms with Gasteiger partial charge in [0, 0.05) is 31.2 Å². The molecule has 1 spiro atoms. The van der Waals surface area contributed by atoms with Crippen LogP contribution in [-0.4, -0.2) is 48.9 Å². The molecule has 1 saturated heterocycles. The fraction of sp³-hybridized carbons (Fsp3) is 0.480. The number of likely N-dealkylation sites (N-methyl/N-ethyl adjacent to an activating group) is 1. The topological polar surface area (TPSA) is 44.8 Å². The van der Waals surface area contributed by atoms with E-state index in [9.17, 15) is 13.6 Å². The summed E-state index contributed by atoms with van der Waals surface area (Å²) in [5, 5.41) is 0. The number of allylic oxidation sites excluding steroid dienone is 7. The average Bonchev–Trinajstić information content (AvgIpc) is 2.98. The van der Waals surface area contributed by atoms with E-state index in [1.807, 2.05) is 7.05 Å². The number of piperidine rings is 1. The number of halogens is 2. The average molecular weight is 446 g/mol. The smallest absolute Gasteiger partial charge is 0.257 e. The van der Waals surface area contributed by atoms with Gasteiger partial charge in [0.05, 0.1) is 11.7 Å². The molecule has 0 aliphatic carbocycles. The zero-order chi connectivity index (χ0) is 23.5. The van der Waals surface area contributed by atoms with Crippen LogP contribution in [0, 0.1) is 11.3 Å². The molecule has 5 nitrogen and oxygen atoms in total. The Morgan fingerprint density at radius 2 is 1.97 bits per heavy atom. The van der Waals surface area contributed by atoms with Crippen LogP contribution in [0.3, 0.4) is 0 Å². The zero-order valence-corrected chi connectivity index (χ0v) is 19.2. The Hall–Kier alpha value is -2.67. The van der Waals surface area contributed by atoms with Crippen molar-refractivity contribution in [1.82, 2.24) is 15.3 Å². The molecule has 3 aliphatic rings. The normalized spacial score (nSPS) is 27.8. The molecule has 1 N–H and O–H groups in total. The van der Waals surface area contributed by atoms with Crippen LogP contribution in [0.5, 0.6) is 0 Å². The number of rotatable bonds is 5. The Balaban J connectivity index is 1.74. The summed E-state index contributed by atoms with van der Waals surface area (Å²) in [5.41, 5.74) is 4.75. The van der Waals surface area contributed by atoms with Gasteiger partial charge in [0.15, 0.2) is 5.76 Å². The van der Waals surface area contributed by atoms with E-state index in [1.165, 1.54) is 19.9 Å². The van der Waals surface area contributed by atoms with Crippen molar-refractivity contribution in [3.63, 3.8) is 0 Å². The van der Waals surface area contributed by atoms with Gasteiger partial charge in [-0.3, -0.25) is 4.79 Å². The summed E-state index contributed by atoms with van der Waals surface area (Å²) >= 11 is 0. The van der Waals surface area contributed by atoms with E-state index < -0.39 is 5.92 Å². The van der Waals surface area contributed by atoms with Crippen molar-refractivity contribution in [2.45, 2.75) is 33.1 Å². The Morgan fingerprint density at radius 3 is 2.53 bits per heavy atom. The number of hydrogen-bond acceptors (Lipinski definition) is 4. The lowest BCUT2D eigenvalue weighted by atomic mass is 9.73. The van der Waals surface area contributed by atoms with Gasteiger partial charge in [-0.15, -0.1) is 0 Å². The second-order valence-electron chi connectivity index (χ2n) is 8.95. The molecule has 3 rings (SSSR count). The molecule has 0 radical (unpaired) electrons. The van der Waals surface area contributed by atoms with Crippen molar-refractivity contribution in [2.24, 2.45) is 11.3 Å². The van der Waals surface area contributed by atoms with Gasteiger partial charge in [0.1, 0.15) is 5.83 Å². The van der Waals surface area contributed by atoms with Crippen LogP contribution in [0.25, 0.3) is 0 Å². The summed E-state index contributed by atoms with van der Waals surface area (Å²) in [6.45, 7) is 13.3. The summed E-state index contributed by atoms with van der Waals surface area (Å²) in [6, 6.07) is 0. The minimum absolute atomic E-state index is 0.128. The molecule has 7 heteroatoms. The zero-order valence-electron chi connectivity index (χ0n) is 19.2. The summed E-state index contributed by atoms with van der Waals surface area (Å²) < 4.78 is 27.9. The van der Waals surface area contributed by atoms with Crippen molar-refractivity contribution in [1.29, 1.82) is 0 Å². The molecule has 32 heavy (non-hydrogen) atoms. The maximum Gasteiger partial charge on any atom is 0.257 e. The molecule has 1 unspecified atom stereocenters. The summed E-state index contributed by atoms with van der Waals surface area (Å²) in [5.74, 6) is -0.953. The molecule has 1 fully saturated rings. The number of hydrogen-bond donors (Lipinski definition) is 1. The molecule has 0 aromatic carbocycles. The van der Waals surface area contributed by atoms with E-state index in [4.69, 9.17) is 4.84 Å². The van der Waals surface area contributed by atoms with E-state index in [0.29, 0.717) is 17.9 Å². The second kappa shape index (κ2) is 9.86. The number of likely N-dealkylation sites (tertiary alicyclic amines) is 1. The Kier molecular flexibility index (Phi) is 7.39. The van der Waals surface area contributed by atoms with Gasteiger partial charge in [-0.2, -0.15) is 5.48 Å². The van der Waals surface area contributed by atoms with Crippen LogP contribution in [-0.2, 0) is 9.63 Å². The van der Waals surface area contributed by atoms with Gasteiger partial charge >= 0.3 is 0 Å². The third kappa shape index (κ3) is 5.04. The standard InChI is InChI=1S/C25H33F2N3O2/c1-6-21-14-19(18(4)27)13-20(24(31)28-32-21)15-30-10-8-25(9-11-30)16-29(5)23(7-2)22(25)12-17(3)26/h6-7,12,14,20H,1-2,8-11,13,15-16H2,3-5H3,(H,28,31)/b17-12+,19-18+,21-14+. The Morgan fingerprint density at radius 1 is 1.28 bits per heavy atom. The van der Waals surface area contributed by atoms with Crippen molar-refractivity contribution in [2.75, 3.05) is 33.2 Å². The molecular formula is C25H33F2N3O2. The quantitative estimate of drug-likeness (QED) is 0.666. The highest BCUT2D eigenvalue weighted by atomic mass is 19.1. The van der Waals surface area contributed by atoms with Gasteiger partial charge in [-0.25, -0.2) is 8.78 Å². The van der Waals surface area contributed by atoms with Crippen molar-refractivity contribution in [3.05, 3.63) is 71.7 Å². The maximum atomic E-state index is 14.1. The molecule has 174 valence electrons. The van der Waals surface area contributed by atoms with E-state index in [2.05, 4.69) is 28.4 Å². The molecule has 1 atom stereocenters. The lowest BCUT2D eigenvalue weighted by Crippen LogP contribution is -2.46. The van der Waals surface area contributed by atoms with Crippen molar-refractivity contribution >= 4 is 5.91 Å². The minimum atomic E-state index is -0.439. The van der Waals surface area contributed by atoms with Gasteiger partial charge in [-0.05, 0) is 81.6 Å². The molecule has 0 saturated carbocycles. The van der Waals surface area contributed by atoms with Crippen LogP contribution in [0.4, 0.5) is 8.78 Å². The van der Waals surface area contributed by atoms with Crippen LogP contribution < -0.4 is 5.48 Å². The SMILES string of the molecule is C=CC1=C(/C=C(\C)F)C2(CCN(CC3CC(=C(/C)F)/C=C(\C=C)ONC3=O)CC2)CN1C. The van der Waals surface area contributed by atoms with E-state index >= 15 is 0 Å². The predicted molar refractivity (Wildman–Crippen MR) is 122 cm³/mol. The molecule has 0 bridgehead atoms. The number of carbonyl (C=O) groups excluding carboxylic acids is 1. The number of nitrogens with one attached hydrogen (secondary N) is 1. The molecule has 1 amide bonds. The first-order chi connectivity index (χ1) is 15.2. The Labute approximate surface area is 189 Å². The largest absolute Gasteiger partial charge is 0.380 e. The monoisotopic (exact) mass is 445 g/mol. The van der Waals surface area contributed by atoms with Gasteiger partial charge in [0.25, 0.3) is 5.91 Å². The number of amides is 1. The van der Waals surface area contributed by atoms with Crippen molar-refractivity contribution < 1.29 is 18.4 Å². The first-order valence-corrected chi connectivity index (χ1v) is 11.0. The van der Waals surface area contributed by atoms with Crippen LogP contribution >= 0.6 is 0 Å². The van der Waals surface area contributed by atoms with Gasteiger partial charge in [-0.1, -0.05) is 13.2 Å². The molecule has 0 aromatic heterocycles. The van der Waals surface area contributed by atoms with E-state index in [-0.39, 0.29) is 29.4 Å². The third-order valence-electron chi connectivity index (χ3n) is 6.69. The Bertz CT molecular complexity index is 900. The van der Waals surface area contributed by atoms with Crippen LogP contribution in [0.1, 0.15) is 33.1 Å². The second-order valence-corrected chi connectivity index (χ2v) is 8.95. The number of hydroxylamine groups is 1. The number of nitrogens with zero attached hydrogens (tertiary/aromatic N) is 2. The van der Waals surface area contributed by atoms with Crippen molar-refractivity contribution in [3.8, 4) is 0 Å². The lowest BCUT2D eigenvalue weighted by Gasteiger charge is -2.41. The highest BCUT2D eigenvalue weighted by Crippen LogP contribution is 2.47. The highest BCUT2D eigenvalue weighted by Gasteiger charge is 2.44. The van der Waals surface area contributed by atoms with Gasteiger partial charge < -0.3 is 14.6 Å². The predicted octanol–water partition coefficient (Wildman–Crippen LogP) is 4.71.